The molecule has 1 rings (SSSR count). The Kier molecular flexibility index (Phi) is 4.78. The molecular formula is C12H11ClO2. The Labute approximate surface area is 93.6 Å². The van der Waals surface area contributed by atoms with Crippen molar-refractivity contribution in [3.63, 3.8) is 0 Å². The Morgan fingerprint density at radius 3 is 2.47 bits per heavy atom. The van der Waals surface area contributed by atoms with Crippen molar-refractivity contribution in [2.75, 3.05) is 0 Å². The van der Waals surface area contributed by atoms with Crippen LogP contribution in [-0.4, -0.2) is 12.1 Å². The van der Waals surface area contributed by atoms with Crippen LogP contribution in [0.15, 0.2) is 36.4 Å². The van der Waals surface area contributed by atoms with Gasteiger partial charge in [0, 0.05) is 17.0 Å². The lowest BCUT2D eigenvalue weighted by Gasteiger charge is -1.95. The van der Waals surface area contributed by atoms with Crippen molar-refractivity contribution >= 4 is 23.7 Å². The molecule has 0 atom stereocenters. The maximum Gasteiger partial charge on any atom is 0.185 e. The summed E-state index contributed by atoms with van der Waals surface area (Å²) >= 11 is 5.69. The third-order valence-corrected chi connectivity index (χ3v) is 2.10. The van der Waals surface area contributed by atoms with Gasteiger partial charge in [0.2, 0.25) is 0 Å². The van der Waals surface area contributed by atoms with Crippen LogP contribution in [0, 0.1) is 0 Å². The van der Waals surface area contributed by atoms with Gasteiger partial charge in [-0.25, -0.2) is 0 Å². The molecule has 0 radical (unpaired) electrons. The second-order valence-electron chi connectivity index (χ2n) is 3.02. The van der Waals surface area contributed by atoms with E-state index in [2.05, 4.69) is 0 Å². The molecule has 0 aliphatic carbocycles. The number of unbranched alkanes of at least 4 members (excludes halogenated alkanes) is 1. The van der Waals surface area contributed by atoms with E-state index in [1.807, 2.05) is 0 Å². The highest BCUT2D eigenvalue weighted by atomic mass is 35.5. The molecule has 0 unspecified atom stereocenters. The second-order valence-corrected chi connectivity index (χ2v) is 3.45. The molecule has 0 saturated carbocycles. The molecular weight excluding hydrogens is 212 g/mol. The number of allylic oxidation sites excluding steroid dienone is 2. The van der Waals surface area contributed by atoms with E-state index in [4.69, 9.17) is 11.6 Å². The molecule has 0 saturated heterocycles. The van der Waals surface area contributed by atoms with Crippen LogP contribution in [-0.2, 0) is 4.79 Å². The van der Waals surface area contributed by atoms with Crippen LogP contribution in [0.5, 0.6) is 0 Å². The van der Waals surface area contributed by atoms with Crippen molar-refractivity contribution in [2.45, 2.75) is 12.8 Å². The first-order chi connectivity index (χ1) is 7.24. The molecule has 0 fully saturated rings. The minimum atomic E-state index is -0.0717. The van der Waals surface area contributed by atoms with Crippen molar-refractivity contribution in [1.29, 1.82) is 0 Å². The Morgan fingerprint density at radius 1 is 1.20 bits per heavy atom. The van der Waals surface area contributed by atoms with E-state index in [0.717, 1.165) is 6.29 Å². The summed E-state index contributed by atoms with van der Waals surface area (Å²) < 4.78 is 0. The summed E-state index contributed by atoms with van der Waals surface area (Å²) in [6.45, 7) is 0. The summed E-state index contributed by atoms with van der Waals surface area (Å²) in [6.07, 6.45) is 5.06. The van der Waals surface area contributed by atoms with Crippen molar-refractivity contribution in [1.82, 2.24) is 0 Å². The van der Waals surface area contributed by atoms with Crippen molar-refractivity contribution in [3.05, 3.63) is 47.0 Å². The van der Waals surface area contributed by atoms with Crippen molar-refractivity contribution in [2.24, 2.45) is 0 Å². The van der Waals surface area contributed by atoms with Gasteiger partial charge in [-0.2, -0.15) is 0 Å². The Balaban J connectivity index is 2.57. The van der Waals surface area contributed by atoms with Gasteiger partial charge < -0.3 is 4.79 Å². The predicted octanol–water partition coefficient (Wildman–Crippen LogP) is 3.06. The van der Waals surface area contributed by atoms with Gasteiger partial charge >= 0.3 is 0 Å². The largest absolute Gasteiger partial charge is 0.303 e. The lowest BCUT2D eigenvalue weighted by molar-refractivity contribution is -0.107. The van der Waals surface area contributed by atoms with Gasteiger partial charge in [0.1, 0.15) is 6.29 Å². The van der Waals surface area contributed by atoms with Crippen molar-refractivity contribution in [3.8, 4) is 0 Å². The highest BCUT2D eigenvalue weighted by Crippen LogP contribution is 2.10. The first-order valence-electron chi connectivity index (χ1n) is 4.64. The predicted molar refractivity (Wildman–Crippen MR) is 60.2 cm³/mol. The van der Waals surface area contributed by atoms with Gasteiger partial charge in [-0.05, 0) is 36.8 Å². The number of rotatable bonds is 5. The number of carbonyl (C=O) groups excluding carboxylic acids is 2. The fourth-order valence-corrected chi connectivity index (χ4v) is 1.19. The SMILES string of the molecule is O=CCC/C=C/C(=O)c1ccc(Cl)cc1. The number of aldehydes is 1. The molecule has 0 amide bonds. The second kappa shape index (κ2) is 6.14. The van der Waals surface area contributed by atoms with Crippen LogP contribution < -0.4 is 0 Å². The zero-order chi connectivity index (χ0) is 11.1. The molecule has 2 nitrogen and oxygen atoms in total. The zero-order valence-corrected chi connectivity index (χ0v) is 8.91. The third kappa shape index (κ3) is 4.09. The lowest BCUT2D eigenvalue weighted by Crippen LogP contribution is -1.93. The van der Waals surface area contributed by atoms with E-state index in [1.165, 1.54) is 6.08 Å². The van der Waals surface area contributed by atoms with E-state index in [1.54, 1.807) is 30.3 Å². The molecule has 3 heteroatoms. The lowest BCUT2D eigenvalue weighted by atomic mass is 10.1. The Morgan fingerprint density at radius 2 is 1.87 bits per heavy atom. The van der Waals surface area contributed by atoms with Crippen LogP contribution >= 0.6 is 11.6 Å². The van der Waals surface area contributed by atoms with E-state index >= 15 is 0 Å². The van der Waals surface area contributed by atoms with Crippen LogP contribution in [0.2, 0.25) is 5.02 Å². The monoisotopic (exact) mass is 222 g/mol. The molecule has 78 valence electrons. The van der Waals surface area contributed by atoms with E-state index in [0.29, 0.717) is 23.4 Å². The van der Waals surface area contributed by atoms with E-state index < -0.39 is 0 Å². The first kappa shape index (κ1) is 11.7. The zero-order valence-electron chi connectivity index (χ0n) is 8.15. The molecule has 0 N–H and O–H groups in total. The van der Waals surface area contributed by atoms with Gasteiger partial charge in [0.15, 0.2) is 5.78 Å². The molecule has 0 aliphatic rings. The molecule has 0 aliphatic heterocycles. The highest BCUT2D eigenvalue weighted by Gasteiger charge is 1.99. The Hall–Kier alpha value is -1.41. The Bertz CT molecular complexity index is 366. The third-order valence-electron chi connectivity index (χ3n) is 1.85. The summed E-state index contributed by atoms with van der Waals surface area (Å²) in [5.74, 6) is -0.0717. The first-order valence-corrected chi connectivity index (χ1v) is 5.02. The van der Waals surface area contributed by atoms with Crippen LogP contribution in [0.4, 0.5) is 0 Å². The average Bonchev–Trinajstić information content (AvgIpc) is 2.25. The summed E-state index contributed by atoms with van der Waals surface area (Å²) in [5.41, 5.74) is 0.599. The minimum absolute atomic E-state index is 0.0717. The van der Waals surface area contributed by atoms with Crippen molar-refractivity contribution < 1.29 is 9.59 Å². The number of carbonyl (C=O) groups is 2. The van der Waals surface area contributed by atoms with Gasteiger partial charge in [-0.15, -0.1) is 0 Å². The molecule has 0 bridgehead atoms. The maximum absolute atomic E-state index is 11.5. The van der Waals surface area contributed by atoms with Gasteiger partial charge in [-0.1, -0.05) is 17.7 Å². The van der Waals surface area contributed by atoms with Crippen LogP contribution in [0.25, 0.3) is 0 Å². The van der Waals surface area contributed by atoms with Gasteiger partial charge in [0.25, 0.3) is 0 Å². The van der Waals surface area contributed by atoms with E-state index in [9.17, 15) is 9.59 Å². The van der Waals surface area contributed by atoms with E-state index in [-0.39, 0.29) is 5.78 Å². The fraction of sp³-hybridized carbons (Fsp3) is 0.167. The topological polar surface area (TPSA) is 34.1 Å². The minimum Gasteiger partial charge on any atom is -0.303 e. The quantitative estimate of drug-likeness (QED) is 0.332. The van der Waals surface area contributed by atoms with Crippen LogP contribution in [0.3, 0.4) is 0 Å². The number of hydrogen-bond acceptors (Lipinski definition) is 2. The summed E-state index contributed by atoms with van der Waals surface area (Å²) in [4.78, 5) is 21.5. The van der Waals surface area contributed by atoms with Gasteiger partial charge in [-0.3, -0.25) is 4.79 Å². The average molecular weight is 223 g/mol. The molecule has 0 spiro atoms. The highest BCUT2D eigenvalue weighted by molar-refractivity contribution is 6.30. The number of halogens is 1. The number of benzene rings is 1. The standard InChI is InChI=1S/C12H11ClO2/c13-11-7-5-10(6-8-11)12(15)4-2-1-3-9-14/h2,4-9H,1,3H2/b4-2+. The molecule has 0 heterocycles. The fourth-order valence-electron chi connectivity index (χ4n) is 1.07. The number of hydrogen-bond donors (Lipinski definition) is 0. The molecule has 1 aromatic rings. The molecule has 0 aromatic heterocycles. The smallest absolute Gasteiger partial charge is 0.185 e. The summed E-state index contributed by atoms with van der Waals surface area (Å²) in [5, 5.41) is 0.608. The summed E-state index contributed by atoms with van der Waals surface area (Å²) in [6, 6.07) is 6.70. The summed E-state index contributed by atoms with van der Waals surface area (Å²) in [7, 11) is 0. The maximum atomic E-state index is 11.5. The number of ketones is 1. The normalized spacial score (nSPS) is 10.5. The molecule has 15 heavy (non-hydrogen) atoms. The molecule has 1 aromatic carbocycles. The van der Waals surface area contributed by atoms with Gasteiger partial charge in [0.05, 0.1) is 0 Å². The van der Waals surface area contributed by atoms with Crippen LogP contribution in [0.1, 0.15) is 23.2 Å².